The second-order valence-electron chi connectivity index (χ2n) is 6.45. The van der Waals surface area contributed by atoms with E-state index in [1.54, 1.807) is 18.3 Å². The standard InChI is InChI=1S/C22H19ClN4O2/c1-29-21-14-20(26-10-2-3-11-26)19(23)13-18(21)22(28)25-17-7-5-16(6-8-17)15-27-12-4-9-24-27/h2-14H,15H2,1H3,(H,25,28). The van der Waals surface area contributed by atoms with Crippen molar-refractivity contribution in [3.8, 4) is 11.4 Å². The van der Waals surface area contributed by atoms with Crippen molar-refractivity contribution in [1.29, 1.82) is 0 Å². The van der Waals surface area contributed by atoms with Crippen LogP contribution in [0.5, 0.6) is 5.75 Å². The first-order valence-corrected chi connectivity index (χ1v) is 9.40. The number of ether oxygens (including phenoxy) is 1. The number of nitrogens with one attached hydrogen (secondary N) is 1. The highest BCUT2D eigenvalue weighted by atomic mass is 35.5. The summed E-state index contributed by atoms with van der Waals surface area (Å²) in [7, 11) is 1.53. The first-order valence-electron chi connectivity index (χ1n) is 9.02. The van der Waals surface area contributed by atoms with E-state index in [0.717, 1.165) is 11.3 Å². The highest BCUT2D eigenvalue weighted by molar-refractivity contribution is 6.33. The Kier molecular flexibility index (Phi) is 5.35. The summed E-state index contributed by atoms with van der Waals surface area (Å²) >= 11 is 6.42. The fourth-order valence-electron chi connectivity index (χ4n) is 3.05. The van der Waals surface area contributed by atoms with Gasteiger partial charge in [-0.2, -0.15) is 5.10 Å². The Labute approximate surface area is 173 Å². The molecular formula is C22H19ClN4O2. The summed E-state index contributed by atoms with van der Waals surface area (Å²) in [5.41, 5.74) is 2.89. The predicted molar refractivity (Wildman–Crippen MR) is 113 cm³/mol. The summed E-state index contributed by atoms with van der Waals surface area (Å²) in [4.78, 5) is 12.8. The molecule has 7 heteroatoms. The minimum absolute atomic E-state index is 0.289. The number of hydrogen-bond donors (Lipinski definition) is 1. The first-order chi connectivity index (χ1) is 14.1. The van der Waals surface area contributed by atoms with Crippen LogP contribution in [0.3, 0.4) is 0 Å². The number of rotatable bonds is 6. The molecule has 4 rings (SSSR count). The Morgan fingerprint density at radius 2 is 1.86 bits per heavy atom. The number of amides is 1. The van der Waals surface area contributed by atoms with E-state index in [2.05, 4.69) is 10.4 Å². The van der Waals surface area contributed by atoms with Gasteiger partial charge in [0.25, 0.3) is 5.91 Å². The zero-order valence-electron chi connectivity index (χ0n) is 15.7. The molecule has 6 nitrogen and oxygen atoms in total. The average molecular weight is 407 g/mol. The van der Waals surface area contributed by atoms with Gasteiger partial charge in [-0.3, -0.25) is 9.48 Å². The number of anilines is 1. The van der Waals surface area contributed by atoms with Gasteiger partial charge in [0.15, 0.2) is 0 Å². The van der Waals surface area contributed by atoms with E-state index in [9.17, 15) is 4.79 Å². The molecule has 0 saturated heterocycles. The van der Waals surface area contributed by atoms with E-state index < -0.39 is 0 Å². The third kappa shape index (κ3) is 4.17. The zero-order chi connectivity index (χ0) is 20.2. The lowest BCUT2D eigenvalue weighted by Crippen LogP contribution is -2.14. The topological polar surface area (TPSA) is 61.1 Å². The van der Waals surface area contributed by atoms with Gasteiger partial charge in [0.1, 0.15) is 5.75 Å². The highest BCUT2D eigenvalue weighted by Crippen LogP contribution is 2.30. The van der Waals surface area contributed by atoms with Crippen molar-refractivity contribution < 1.29 is 9.53 Å². The van der Waals surface area contributed by atoms with E-state index in [0.29, 0.717) is 28.6 Å². The van der Waals surface area contributed by atoms with Gasteiger partial charge in [-0.1, -0.05) is 23.7 Å². The Balaban J connectivity index is 1.52. The van der Waals surface area contributed by atoms with Gasteiger partial charge in [0, 0.05) is 36.5 Å². The maximum Gasteiger partial charge on any atom is 0.259 e. The monoisotopic (exact) mass is 406 g/mol. The SMILES string of the molecule is COc1cc(-n2cccc2)c(Cl)cc1C(=O)Nc1ccc(Cn2cccn2)cc1. The normalized spacial score (nSPS) is 10.7. The molecule has 0 unspecified atom stereocenters. The van der Waals surface area contributed by atoms with Crippen molar-refractivity contribution in [2.45, 2.75) is 6.54 Å². The zero-order valence-corrected chi connectivity index (χ0v) is 16.5. The molecular weight excluding hydrogens is 388 g/mol. The number of nitrogens with zero attached hydrogens (tertiary/aromatic N) is 3. The molecule has 1 N–H and O–H groups in total. The van der Waals surface area contributed by atoms with Crippen LogP contribution in [-0.4, -0.2) is 27.4 Å². The van der Waals surface area contributed by atoms with Crippen LogP contribution in [0.15, 0.2) is 79.4 Å². The maximum absolute atomic E-state index is 12.8. The van der Waals surface area contributed by atoms with E-state index >= 15 is 0 Å². The molecule has 0 atom stereocenters. The van der Waals surface area contributed by atoms with Gasteiger partial charge >= 0.3 is 0 Å². The van der Waals surface area contributed by atoms with E-state index in [4.69, 9.17) is 16.3 Å². The van der Waals surface area contributed by atoms with Crippen LogP contribution in [0.25, 0.3) is 5.69 Å². The Bertz CT molecular complexity index is 1100. The molecule has 2 aromatic carbocycles. The van der Waals surface area contributed by atoms with Crippen molar-refractivity contribution >= 4 is 23.2 Å². The van der Waals surface area contributed by atoms with Crippen LogP contribution in [0.4, 0.5) is 5.69 Å². The van der Waals surface area contributed by atoms with Crippen LogP contribution in [0, 0.1) is 0 Å². The molecule has 0 bridgehead atoms. The Morgan fingerprint density at radius 3 is 2.52 bits per heavy atom. The molecule has 0 radical (unpaired) electrons. The predicted octanol–water partition coefficient (Wildman–Crippen LogP) is 4.64. The van der Waals surface area contributed by atoms with Crippen LogP contribution < -0.4 is 10.1 Å². The fourth-order valence-corrected chi connectivity index (χ4v) is 3.32. The molecule has 29 heavy (non-hydrogen) atoms. The molecule has 2 heterocycles. The molecule has 0 aliphatic heterocycles. The third-order valence-electron chi connectivity index (χ3n) is 4.51. The van der Waals surface area contributed by atoms with E-state index in [1.807, 2.05) is 70.3 Å². The van der Waals surface area contributed by atoms with E-state index in [-0.39, 0.29) is 5.91 Å². The highest BCUT2D eigenvalue weighted by Gasteiger charge is 2.17. The van der Waals surface area contributed by atoms with Crippen molar-refractivity contribution in [3.05, 3.63) is 95.5 Å². The van der Waals surface area contributed by atoms with Crippen molar-refractivity contribution in [2.24, 2.45) is 0 Å². The minimum atomic E-state index is -0.289. The molecule has 0 spiro atoms. The molecule has 2 aromatic heterocycles. The number of carbonyl (C=O) groups is 1. The molecule has 0 aliphatic carbocycles. The lowest BCUT2D eigenvalue weighted by Gasteiger charge is -2.14. The van der Waals surface area contributed by atoms with Crippen molar-refractivity contribution in [2.75, 3.05) is 12.4 Å². The Morgan fingerprint density at radius 1 is 1.10 bits per heavy atom. The van der Waals surface area contributed by atoms with Crippen LogP contribution in [0.1, 0.15) is 15.9 Å². The minimum Gasteiger partial charge on any atom is -0.496 e. The first kappa shape index (κ1) is 18.8. The average Bonchev–Trinajstić information content (AvgIpc) is 3.43. The van der Waals surface area contributed by atoms with Gasteiger partial charge in [-0.15, -0.1) is 0 Å². The molecule has 0 aliphatic rings. The second kappa shape index (κ2) is 8.24. The number of aromatic nitrogens is 3. The summed E-state index contributed by atoms with van der Waals surface area (Å²) in [5, 5.41) is 7.55. The van der Waals surface area contributed by atoms with Gasteiger partial charge in [0.2, 0.25) is 0 Å². The van der Waals surface area contributed by atoms with Crippen LogP contribution in [-0.2, 0) is 6.54 Å². The molecule has 4 aromatic rings. The fraction of sp³-hybridized carbons (Fsp3) is 0.0909. The second-order valence-corrected chi connectivity index (χ2v) is 6.86. The number of benzene rings is 2. The van der Waals surface area contributed by atoms with Gasteiger partial charge in [0.05, 0.1) is 29.9 Å². The van der Waals surface area contributed by atoms with E-state index in [1.165, 1.54) is 7.11 Å². The smallest absolute Gasteiger partial charge is 0.259 e. The van der Waals surface area contributed by atoms with Crippen molar-refractivity contribution in [3.63, 3.8) is 0 Å². The lowest BCUT2D eigenvalue weighted by molar-refractivity contribution is 0.102. The van der Waals surface area contributed by atoms with Crippen molar-refractivity contribution in [1.82, 2.24) is 14.3 Å². The lowest BCUT2D eigenvalue weighted by atomic mass is 10.1. The molecule has 1 amide bonds. The van der Waals surface area contributed by atoms with Crippen LogP contribution >= 0.6 is 11.6 Å². The third-order valence-corrected chi connectivity index (χ3v) is 4.81. The summed E-state index contributed by atoms with van der Waals surface area (Å²) in [6.45, 7) is 0.672. The molecule has 0 fully saturated rings. The number of methoxy groups -OCH3 is 1. The largest absolute Gasteiger partial charge is 0.496 e. The summed E-state index contributed by atoms with van der Waals surface area (Å²) < 4.78 is 9.14. The molecule has 146 valence electrons. The summed E-state index contributed by atoms with van der Waals surface area (Å²) in [6, 6.07) is 16.7. The number of carbonyl (C=O) groups excluding carboxylic acids is 1. The van der Waals surface area contributed by atoms with Gasteiger partial charge < -0.3 is 14.6 Å². The number of hydrogen-bond acceptors (Lipinski definition) is 3. The Hall–Kier alpha value is -3.51. The van der Waals surface area contributed by atoms with Crippen LogP contribution in [0.2, 0.25) is 5.02 Å². The summed E-state index contributed by atoms with van der Waals surface area (Å²) in [5.74, 6) is 0.161. The summed E-state index contributed by atoms with van der Waals surface area (Å²) in [6.07, 6.45) is 7.41. The molecule has 0 saturated carbocycles. The quantitative estimate of drug-likeness (QED) is 0.507. The van der Waals surface area contributed by atoms with Gasteiger partial charge in [-0.05, 0) is 42.0 Å². The maximum atomic E-state index is 12.8. The van der Waals surface area contributed by atoms with Gasteiger partial charge in [-0.25, -0.2) is 0 Å². The number of halogens is 1.